The van der Waals surface area contributed by atoms with Crippen LogP contribution in [0.1, 0.15) is 36.4 Å². The molecule has 94 valence electrons. The van der Waals surface area contributed by atoms with Crippen molar-refractivity contribution in [2.75, 3.05) is 13.6 Å². The number of aryl methyl sites for hydroxylation is 1. The molecule has 2 rings (SSSR count). The van der Waals surface area contributed by atoms with Crippen molar-refractivity contribution < 1.29 is 0 Å². The molecule has 2 N–H and O–H groups in total. The Kier molecular flexibility index (Phi) is 4.23. The summed E-state index contributed by atoms with van der Waals surface area (Å²) in [6.45, 7) is 2.80. The van der Waals surface area contributed by atoms with Crippen LogP contribution in [-0.2, 0) is 0 Å². The summed E-state index contributed by atoms with van der Waals surface area (Å²) in [4.78, 5) is 2.45. The number of likely N-dealkylation sites (N-methyl/N-ethyl adjacent to an activating group) is 1. The quantitative estimate of drug-likeness (QED) is 0.924. The minimum Gasteiger partial charge on any atom is -0.329 e. The number of hydrogen-bond donors (Lipinski definition) is 1. The minimum atomic E-state index is 0.345. The fourth-order valence-corrected chi connectivity index (χ4v) is 2.80. The number of nitrogens with two attached hydrogens (primary N) is 1. The topological polar surface area (TPSA) is 29.3 Å². The molecule has 3 heteroatoms. The lowest BCUT2D eigenvalue weighted by molar-refractivity contribution is 0.113. The van der Waals surface area contributed by atoms with Crippen LogP contribution in [0.15, 0.2) is 22.7 Å². The minimum absolute atomic E-state index is 0.345. The molecule has 1 atom stereocenters. The smallest absolute Gasteiger partial charge is 0.0470 e. The summed E-state index contributed by atoms with van der Waals surface area (Å²) in [5.41, 5.74) is 8.55. The Bertz CT molecular complexity index is 388. The van der Waals surface area contributed by atoms with Gasteiger partial charge in [0.1, 0.15) is 0 Å². The van der Waals surface area contributed by atoms with Gasteiger partial charge in [0.2, 0.25) is 0 Å². The first-order chi connectivity index (χ1) is 8.13. The van der Waals surface area contributed by atoms with Gasteiger partial charge in [0, 0.05) is 23.1 Å². The molecule has 0 radical (unpaired) electrons. The third-order valence-electron chi connectivity index (χ3n) is 3.95. The van der Waals surface area contributed by atoms with Gasteiger partial charge in [0.15, 0.2) is 0 Å². The van der Waals surface area contributed by atoms with Crippen LogP contribution in [0.5, 0.6) is 0 Å². The summed E-state index contributed by atoms with van der Waals surface area (Å²) >= 11 is 3.60. The third kappa shape index (κ3) is 2.72. The van der Waals surface area contributed by atoms with E-state index in [-0.39, 0.29) is 0 Å². The van der Waals surface area contributed by atoms with Crippen LogP contribution in [0.4, 0.5) is 0 Å². The van der Waals surface area contributed by atoms with Gasteiger partial charge in [-0.15, -0.1) is 0 Å². The second kappa shape index (κ2) is 5.51. The molecule has 0 spiro atoms. The molecule has 1 aliphatic rings. The summed E-state index contributed by atoms with van der Waals surface area (Å²) in [6.07, 6.45) is 4.00. The van der Waals surface area contributed by atoms with Crippen molar-refractivity contribution in [2.45, 2.75) is 38.3 Å². The van der Waals surface area contributed by atoms with E-state index < -0.39 is 0 Å². The first-order valence-electron chi connectivity index (χ1n) is 6.31. The maximum absolute atomic E-state index is 5.95. The Labute approximate surface area is 112 Å². The van der Waals surface area contributed by atoms with Crippen LogP contribution in [0.25, 0.3) is 0 Å². The van der Waals surface area contributed by atoms with E-state index in [1.807, 2.05) is 0 Å². The lowest BCUT2D eigenvalue weighted by atomic mass is 9.89. The zero-order chi connectivity index (χ0) is 12.4. The molecule has 1 fully saturated rings. The molecule has 1 aromatic carbocycles. The van der Waals surface area contributed by atoms with Crippen LogP contribution in [-0.4, -0.2) is 24.5 Å². The molecule has 0 aromatic heterocycles. The molecule has 1 saturated carbocycles. The molecule has 0 aliphatic heterocycles. The van der Waals surface area contributed by atoms with Crippen LogP contribution in [0.2, 0.25) is 0 Å². The molecule has 0 saturated heterocycles. The van der Waals surface area contributed by atoms with Crippen molar-refractivity contribution in [3.63, 3.8) is 0 Å². The van der Waals surface area contributed by atoms with Crippen molar-refractivity contribution in [3.05, 3.63) is 33.8 Å². The van der Waals surface area contributed by atoms with Gasteiger partial charge in [-0.2, -0.15) is 0 Å². The van der Waals surface area contributed by atoms with Crippen molar-refractivity contribution >= 4 is 15.9 Å². The van der Waals surface area contributed by atoms with Gasteiger partial charge in [-0.1, -0.05) is 34.5 Å². The lowest BCUT2D eigenvalue weighted by Crippen LogP contribution is -2.42. The van der Waals surface area contributed by atoms with Crippen LogP contribution >= 0.6 is 15.9 Å². The zero-order valence-electron chi connectivity index (χ0n) is 10.6. The molecule has 1 aromatic rings. The maximum Gasteiger partial charge on any atom is 0.0470 e. The summed E-state index contributed by atoms with van der Waals surface area (Å²) in [7, 11) is 2.20. The molecule has 1 unspecified atom stereocenters. The number of nitrogens with zero attached hydrogens (tertiary/aromatic N) is 1. The van der Waals surface area contributed by atoms with E-state index in [0.29, 0.717) is 12.6 Å². The molecule has 2 nitrogen and oxygen atoms in total. The fraction of sp³-hybridized carbons (Fsp3) is 0.571. The van der Waals surface area contributed by atoms with E-state index in [9.17, 15) is 0 Å². The largest absolute Gasteiger partial charge is 0.329 e. The summed E-state index contributed by atoms with van der Waals surface area (Å²) in [6, 6.07) is 7.65. The highest BCUT2D eigenvalue weighted by Crippen LogP contribution is 2.31. The van der Waals surface area contributed by atoms with E-state index in [1.54, 1.807) is 0 Å². The van der Waals surface area contributed by atoms with Gasteiger partial charge in [-0.3, -0.25) is 4.90 Å². The highest BCUT2D eigenvalue weighted by atomic mass is 79.9. The highest BCUT2D eigenvalue weighted by molar-refractivity contribution is 9.10. The Balaban J connectivity index is 2.18. The second-order valence-electron chi connectivity index (χ2n) is 5.01. The molecular weight excluding hydrogens is 276 g/mol. The van der Waals surface area contributed by atoms with Crippen LogP contribution in [0, 0.1) is 6.92 Å². The lowest BCUT2D eigenvalue weighted by Gasteiger charge is -2.40. The van der Waals surface area contributed by atoms with Gasteiger partial charge in [0.05, 0.1) is 0 Å². The van der Waals surface area contributed by atoms with Gasteiger partial charge >= 0.3 is 0 Å². The maximum atomic E-state index is 5.95. The molecule has 0 heterocycles. The van der Waals surface area contributed by atoms with E-state index >= 15 is 0 Å². The van der Waals surface area contributed by atoms with E-state index in [0.717, 1.165) is 6.04 Å². The Morgan fingerprint density at radius 3 is 2.65 bits per heavy atom. The van der Waals surface area contributed by atoms with Crippen LogP contribution < -0.4 is 5.73 Å². The molecule has 17 heavy (non-hydrogen) atoms. The average molecular weight is 297 g/mol. The van der Waals surface area contributed by atoms with Crippen molar-refractivity contribution in [1.29, 1.82) is 0 Å². The normalized spacial score (nSPS) is 18.2. The molecule has 1 aliphatic carbocycles. The number of rotatable bonds is 4. The average Bonchev–Trinajstić information content (AvgIpc) is 2.22. The Hall–Kier alpha value is -0.380. The Morgan fingerprint density at radius 2 is 2.18 bits per heavy atom. The zero-order valence-corrected chi connectivity index (χ0v) is 12.2. The fourth-order valence-electron chi connectivity index (χ4n) is 2.40. The van der Waals surface area contributed by atoms with Crippen molar-refractivity contribution in [3.8, 4) is 0 Å². The summed E-state index contributed by atoms with van der Waals surface area (Å²) in [5.74, 6) is 0. The van der Waals surface area contributed by atoms with Gasteiger partial charge in [-0.25, -0.2) is 0 Å². The summed E-state index contributed by atoms with van der Waals surface area (Å²) in [5, 5.41) is 0. The van der Waals surface area contributed by atoms with Gasteiger partial charge in [-0.05, 0) is 44.0 Å². The molecular formula is C14H21BrN2. The first-order valence-corrected chi connectivity index (χ1v) is 7.11. The predicted molar refractivity (Wildman–Crippen MR) is 76.1 cm³/mol. The molecule has 0 amide bonds. The van der Waals surface area contributed by atoms with Gasteiger partial charge < -0.3 is 5.73 Å². The van der Waals surface area contributed by atoms with E-state index in [1.165, 1.54) is 34.9 Å². The summed E-state index contributed by atoms with van der Waals surface area (Å²) < 4.78 is 1.18. The number of hydrogen-bond acceptors (Lipinski definition) is 2. The van der Waals surface area contributed by atoms with Crippen LogP contribution in [0.3, 0.4) is 0 Å². The predicted octanol–water partition coefficient (Wildman–Crippen LogP) is 3.24. The highest BCUT2D eigenvalue weighted by Gasteiger charge is 2.27. The monoisotopic (exact) mass is 296 g/mol. The van der Waals surface area contributed by atoms with E-state index in [2.05, 4.69) is 53.0 Å². The number of halogens is 1. The van der Waals surface area contributed by atoms with Crippen molar-refractivity contribution in [1.82, 2.24) is 4.90 Å². The van der Waals surface area contributed by atoms with Crippen molar-refractivity contribution in [2.24, 2.45) is 5.73 Å². The SMILES string of the molecule is Cc1ccc(C(CN)N(C)C2CCC2)cc1Br. The first kappa shape index (κ1) is 13.1. The third-order valence-corrected chi connectivity index (χ3v) is 4.80. The standard InChI is InChI=1S/C14H21BrN2/c1-10-6-7-11(8-13(10)15)14(9-16)17(2)12-4-3-5-12/h6-8,12,14H,3-5,9,16H2,1-2H3. The molecule has 0 bridgehead atoms. The second-order valence-corrected chi connectivity index (χ2v) is 5.86. The Morgan fingerprint density at radius 1 is 1.47 bits per heavy atom. The number of benzene rings is 1. The van der Waals surface area contributed by atoms with Gasteiger partial charge in [0.25, 0.3) is 0 Å². The van der Waals surface area contributed by atoms with E-state index in [4.69, 9.17) is 5.73 Å².